The summed E-state index contributed by atoms with van der Waals surface area (Å²) in [6, 6.07) is 3.01. The Bertz CT molecular complexity index is 1010. The Kier molecular flexibility index (Phi) is 7.83. The quantitative estimate of drug-likeness (QED) is 0.515. The lowest BCUT2D eigenvalue weighted by atomic mass is 10.2. The van der Waals surface area contributed by atoms with Gasteiger partial charge >= 0.3 is 5.97 Å². The molecule has 2 rings (SSSR count). The number of amides is 1. The Balaban J connectivity index is 2.14. The SMILES string of the molecule is CCCCN(C(=O)COC(=O)c1cc(S(N)(=O)=O)ccc1OC)C1CCS(=O)(=O)C1. The monoisotopic (exact) mass is 462 g/mol. The van der Waals surface area contributed by atoms with Gasteiger partial charge in [-0.25, -0.2) is 26.8 Å². The van der Waals surface area contributed by atoms with Crippen molar-refractivity contribution in [1.82, 2.24) is 4.90 Å². The number of ether oxygens (including phenoxy) is 2. The predicted molar refractivity (Wildman–Crippen MR) is 108 cm³/mol. The number of sulfonamides is 1. The molecule has 1 aliphatic heterocycles. The van der Waals surface area contributed by atoms with Crippen LogP contribution in [0.1, 0.15) is 36.5 Å². The normalized spacial score (nSPS) is 18.0. The molecule has 0 saturated carbocycles. The van der Waals surface area contributed by atoms with Gasteiger partial charge in [-0.3, -0.25) is 4.79 Å². The zero-order chi connectivity index (χ0) is 22.5. The summed E-state index contributed by atoms with van der Waals surface area (Å²) in [5.41, 5.74) is -0.194. The molecule has 1 fully saturated rings. The van der Waals surface area contributed by atoms with Gasteiger partial charge in [0, 0.05) is 12.6 Å². The van der Waals surface area contributed by atoms with Gasteiger partial charge in [0.2, 0.25) is 10.0 Å². The Morgan fingerprint density at radius 1 is 1.30 bits per heavy atom. The fourth-order valence-corrected chi connectivity index (χ4v) is 5.44. The number of rotatable bonds is 9. The molecule has 12 heteroatoms. The fraction of sp³-hybridized carbons (Fsp3) is 0.556. The number of carbonyl (C=O) groups is 2. The molecule has 10 nitrogen and oxygen atoms in total. The van der Waals surface area contributed by atoms with Gasteiger partial charge in [0.05, 0.1) is 23.5 Å². The van der Waals surface area contributed by atoms with Crippen LogP contribution in [0.5, 0.6) is 5.75 Å². The van der Waals surface area contributed by atoms with Gasteiger partial charge in [-0.05, 0) is 31.0 Å². The summed E-state index contributed by atoms with van der Waals surface area (Å²) in [5, 5.41) is 5.09. The van der Waals surface area contributed by atoms with Gasteiger partial charge in [0.25, 0.3) is 5.91 Å². The van der Waals surface area contributed by atoms with Crippen LogP contribution < -0.4 is 9.88 Å². The molecule has 1 aromatic rings. The molecule has 1 aromatic carbocycles. The lowest BCUT2D eigenvalue weighted by Gasteiger charge is -2.28. The molecule has 2 N–H and O–H groups in total. The van der Waals surface area contributed by atoms with Crippen LogP contribution in [-0.2, 0) is 29.4 Å². The van der Waals surface area contributed by atoms with Gasteiger partial charge in [-0.2, -0.15) is 0 Å². The lowest BCUT2D eigenvalue weighted by molar-refractivity contribution is -0.136. The zero-order valence-corrected chi connectivity index (χ0v) is 18.5. The van der Waals surface area contributed by atoms with Crippen molar-refractivity contribution in [3.05, 3.63) is 23.8 Å². The van der Waals surface area contributed by atoms with Crippen molar-refractivity contribution in [1.29, 1.82) is 0 Å². The first-order valence-corrected chi connectivity index (χ1v) is 12.7. The van der Waals surface area contributed by atoms with Crippen LogP contribution in [0.3, 0.4) is 0 Å². The molecule has 1 aliphatic rings. The molecule has 0 bridgehead atoms. The first-order chi connectivity index (χ1) is 14.0. The van der Waals surface area contributed by atoms with E-state index in [0.717, 1.165) is 12.5 Å². The number of hydrogen-bond donors (Lipinski definition) is 1. The van der Waals surface area contributed by atoms with Gasteiger partial charge in [-0.15, -0.1) is 0 Å². The minimum Gasteiger partial charge on any atom is -0.496 e. The minimum absolute atomic E-state index is 0.0188. The first-order valence-electron chi connectivity index (χ1n) is 9.36. The Morgan fingerprint density at radius 3 is 2.53 bits per heavy atom. The van der Waals surface area contributed by atoms with Crippen molar-refractivity contribution >= 4 is 31.7 Å². The highest BCUT2D eigenvalue weighted by atomic mass is 32.2. The number of nitrogens with two attached hydrogens (primary N) is 1. The summed E-state index contributed by atoms with van der Waals surface area (Å²) in [6.45, 7) is 1.69. The third-order valence-corrected chi connectivity index (χ3v) is 7.43. The minimum atomic E-state index is -4.06. The van der Waals surface area contributed by atoms with Crippen LogP contribution >= 0.6 is 0 Å². The summed E-state index contributed by atoms with van der Waals surface area (Å²) < 4.78 is 56.8. The number of hydrogen-bond acceptors (Lipinski definition) is 8. The van der Waals surface area contributed by atoms with E-state index in [1.54, 1.807) is 0 Å². The maximum atomic E-state index is 12.7. The number of carbonyl (C=O) groups excluding carboxylic acids is 2. The summed E-state index contributed by atoms with van der Waals surface area (Å²) in [4.78, 5) is 26.3. The van der Waals surface area contributed by atoms with Crippen LogP contribution in [0, 0.1) is 0 Å². The number of nitrogens with zero attached hydrogens (tertiary/aromatic N) is 1. The second-order valence-corrected chi connectivity index (χ2v) is 10.8. The van der Waals surface area contributed by atoms with Crippen molar-refractivity contribution in [3.8, 4) is 5.75 Å². The van der Waals surface area contributed by atoms with E-state index < -0.39 is 44.4 Å². The van der Waals surface area contributed by atoms with Gasteiger partial charge in [0.1, 0.15) is 11.3 Å². The van der Waals surface area contributed by atoms with Crippen molar-refractivity contribution in [2.75, 3.05) is 31.8 Å². The number of esters is 1. The highest BCUT2D eigenvalue weighted by molar-refractivity contribution is 7.91. The van der Waals surface area contributed by atoms with Crippen LogP contribution in [0.4, 0.5) is 0 Å². The molecule has 0 radical (unpaired) electrons. The standard InChI is InChI=1S/C18H26N2O8S2/c1-3-4-8-20(13-7-9-29(23,24)12-13)17(21)11-28-18(22)15-10-14(30(19,25)26)5-6-16(15)27-2/h5-6,10,13H,3-4,7-9,11-12H2,1-2H3,(H2,19,25,26). The van der Waals surface area contributed by atoms with E-state index in [9.17, 15) is 26.4 Å². The second-order valence-electron chi connectivity index (χ2n) is 6.98. The molecule has 1 saturated heterocycles. The average molecular weight is 463 g/mol. The number of sulfone groups is 1. The lowest BCUT2D eigenvalue weighted by Crippen LogP contribution is -2.43. The molecule has 30 heavy (non-hydrogen) atoms. The number of primary sulfonamides is 1. The zero-order valence-electron chi connectivity index (χ0n) is 16.9. The molecular weight excluding hydrogens is 436 g/mol. The van der Waals surface area contributed by atoms with E-state index in [4.69, 9.17) is 14.6 Å². The summed E-state index contributed by atoms with van der Waals surface area (Å²) in [6.07, 6.45) is 1.83. The van der Waals surface area contributed by atoms with E-state index in [1.807, 2.05) is 6.92 Å². The predicted octanol–water partition coefficient (Wildman–Crippen LogP) is 0.315. The summed E-state index contributed by atoms with van der Waals surface area (Å²) >= 11 is 0. The van der Waals surface area contributed by atoms with Gasteiger partial charge in [-0.1, -0.05) is 13.3 Å². The van der Waals surface area contributed by atoms with Crippen LogP contribution in [0.25, 0.3) is 0 Å². The molecule has 1 heterocycles. The maximum absolute atomic E-state index is 12.7. The Labute approximate surface area is 176 Å². The maximum Gasteiger partial charge on any atom is 0.342 e. The largest absolute Gasteiger partial charge is 0.496 e. The summed E-state index contributed by atoms with van der Waals surface area (Å²) in [5.74, 6) is -1.50. The van der Waals surface area contributed by atoms with E-state index in [0.29, 0.717) is 19.4 Å². The van der Waals surface area contributed by atoms with Gasteiger partial charge in [0.15, 0.2) is 16.4 Å². The Hall–Kier alpha value is -2.18. The van der Waals surface area contributed by atoms with Crippen LogP contribution in [-0.4, -0.2) is 71.4 Å². The van der Waals surface area contributed by atoms with E-state index in [1.165, 1.54) is 24.1 Å². The van der Waals surface area contributed by atoms with E-state index >= 15 is 0 Å². The molecule has 0 aliphatic carbocycles. The average Bonchev–Trinajstić information content (AvgIpc) is 3.04. The van der Waals surface area contributed by atoms with Crippen molar-refractivity contribution in [2.24, 2.45) is 5.14 Å². The molecule has 0 spiro atoms. The molecule has 1 atom stereocenters. The smallest absolute Gasteiger partial charge is 0.342 e. The van der Waals surface area contributed by atoms with Crippen LogP contribution in [0.15, 0.2) is 23.1 Å². The number of benzene rings is 1. The topological polar surface area (TPSA) is 150 Å². The number of unbranched alkanes of at least 4 members (excludes halogenated alkanes) is 1. The van der Waals surface area contributed by atoms with Crippen LogP contribution in [0.2, 0.25) is 0 Å². The van der Waals surface area contributed by atoms with E-state index in [-0.39, 0.29) is 27.7 Å². The molecule has 1 unspecified atom stereocenters. The van der Waals surface area contributed by atoms with Gasteiger partial charge < -0.3 is 14.4 Å². The van der Waals surface area contributed by atoms with Crippen molar-refractivity contribution in [3.63, 3.8) is 0 Å². The fourth-order valence-electron chi connectivity index (χ4n) is 3.17. The van der Waals surface area contributed by atoms with Crippen molar-refractivity contribution < 1.29 is 35.9 Å². The third kappa shape index (κ3) is 6.16. The Morgan fingerprint density at radius 2 is 2.00 bits per heavy atom. The highest BCUT2D eigenvalue weighted by Gasteiger charge is 2.34. The highest BCUT2D eigenvalue weighted by Crippen LogP contribution is 2.23. The molecular formula is C18H26N2O8S2. The molecule has 168 valence electrons. The second kappa shape index (κ2) is 9.75. The number of methoxy groups -OCH3 is 1. The van der Waals surface area contributed by atoms with Crippen molar-refractivity contribution in [2.45, 2.75) is 37.1 Å². The van der Waals surface area contributed by atoms with E-state index in [2.05, 4.69) is 0 Å². The summed E-state index contributed by atoms with van der Waals surface area (Å²) in [7, 11) is -5.95. The molecule has 0 aromatic heterocycles. The first kappa shape index (κ1) is 24.1. The third-order valence-electron chi connectivity index (χ3n) is 4.77. The molecule has 1 amide bonds.